The summed E-state index contributed by atoms with van der Waals surface area (Å²) in [6, 6.07) is 5.55. The number of ether oxygens (including phenoxy) is 1. The molecule has 2 aromatic heterocycles. The highest BCUT2D eigenvalue weighted by Crippen LogP contribution is 2.34. The molecule has 0 radical (unpaired) electrons. The van der Waals surface area contributed by atoms with Crippen molar-refractivity contribution in [2.45, 2.75) is 20.3 Å². The van der Waals surface area contributed by atoms with E-state index in [0.717, 1.165) is 26.8 Å². The van der Waals surface area contributed by atoms with Gasteiger partial charge in [0.15, 0.2) is 5.78 Å². The zero-order valence-electron chi connectivity index (χ0n) is 14.8. The minimum Gasteiger partial charge on any atom is -0.465 e. The molecule has 1 amide bonds. The van der Waals surface area contributed by atoms with Crippen LogP contribution < -0.4 is 5.32 Å². The molecule has 0 bridgehead atoms. The molecule has 0 aliphatic heterocycles. The van der Waals surface area contributed by atoms with Crippen LogP contribution in [0.25, 0.3) is 11.0 Å². The number of hydrogen-bond donors (Lipinski definition) is 1. The second-order valence-corrected chi connectivity index (χ2v) is 7.87. The van der Waals surface area contributed by atoms with Crippen molar-refractivity contribution in [1.82, 2.24) is 0 Å². The molecule has 3 rings (SSSR count). The average Bonchev–Trinajstić information content (AvgIpc) is 3.15. The standard InChI is InChI=1S/C19H16BrNO5S/c1-9-16(19(24)25-3)18(27-17(9)10(2)22)21-15(23)6-11-8-26-14-5-4-12(20)7-13(11)14/h4-5,7-8H,6H2,1-3H3,(H,21,23). The normalized spacial score (nSPS) is 10.8. The van der Waals surface area contributed by atoms with E-state index in [-0.39, 0.29) is 23.7 Å². The molecule has 0 spiro atoms. The van der Waals surface area contributed by atoms with Gasteiger partial charge in [-0.1, -0.05) is 15.9 Å². The van der Waals surface area contributed by atoms with Crippen molar-refractivity contribution in [3.8, 4) is 0 Å². The van der Waals surface area contributed by atoms with E-state index in [2.05, 4.69) is 21.2 Å². The number of furan rings is 1. The summed E-state index contributed by atoms with van der Waals surface area (Å²) in [5.74, 6) is -1.09. The van der Waals surface area contributed by atoms with E-state index in [1.165, 1.54) is 14.0 Å². The Morgan fingerprint density at radius 2 is 2.04 bits per heavy atom. The smallest absolute Gasteiger partial charge is 0.341 e. The Bertz CT molecular complexity index is 1070. The van der Waals surface area contributed by atoms with Crippen LogP contribution in [-0.2, 0) is 16.0 Å². The number of esters is 1. The van der Waals surface area contributed by atoms with Gasteiger partial charge in [0, 0.05) is 15.4 Å². The molecule has 2 heterocycles. The molecule has 3 aromatic rings. The summed E-state index contributed by atoms with van der Waals surface area (Å²) in [4.78, 5) is 36.9. The molecular formula is C19H16BrNO5S. The molecule has 140 valence electrons. The maximum atomic E-state index is 12.6. The Balaban J connectivity index is 1.89. The number of methoxy groups -OCH3 is 1. The minimum atomic E-state index is -0.593. The Morgan fingerprint density at radius 1 is 1.30 bits per heavy atom. The summed E-state index contributed by atoms with van der Waals surface area (Å²) in [5, 5.41) is 3.87. The first-order valence-electron chi connectivity index (χ1n) is 8.00. The third-order valence-corrected chi connectivity index (χ3v) is 5.88. The molecule has 0 atom stereocenters. The van der Waals surface area contributed by atoms with E-state index in [1.807, 2.05) is 18.2 Å². The van der Waals surface area contributed by atoms with E-state index in [0.29, 0.717) is 21.0 Å². The van der Waals surface area contributed by atoms with Crippen LogP contribution in [-0.4, -0.2) is 24.8 Å². The number of nitrogens with one attached hydrogen (secondary N) is 1. The van der Waals surface area contributed by atoms with Gasteiger partial charge >= 0.3 is 5.97 Å². The number of ketones is 1. The number of amides is 1. The summed E-state index contributed by atoms with van der Waals surface area (Å²) in [6.07, 6.45) is 1.61. The third-order valence-electron chi connectivity index (χ3n) is 4.08. The molecule has 27 heavy (non-hydrogen) atoms. The zero-order chi connectivity index (χ0) is 19.7. The quantitative estimate of drug-likeness (QED) is 0.449. The fourth-order valence-corrected chi connectivity index (χ4v) is 4.29. The Morgan fingerprint density at radius 3 is 2.70 bits per heavy atom. The topological polar surface area (TPSA) is 85.6 Å². The number of hydrogen-bond acceptors (Lipinski definition) is 6. The third kappa shape index (κ3) is 3.81. The van der Waals surface area contributed by atoms with Crippen molar-refractivity contribution < 1.29 is 23.5 Å². The van der Waals surface area contributed by atoms with Crippen LogP contribution in [0, 0.1) is 6.92 Å². The van der Waals surface area contributed by atoms with Crippen molar-refractivity contribution >= 4 is 60.9 Å². The van der Waals surface area contributed by atoms with Crippen LogP contribution in [0.15, 0.2) is 33.4 Å². The monoisotopic (exact) mass is 449 g/mol. The van der Waals surface area contributed by atoms with Crippen molar-refractivity contribution in [3.63, 3.8) is 0 Å². The first-order valence-corrected chi connectivity index (χ1v) is 9.61. The lowest BCUT2D eigenvalue weighted by Crippen LogP contribution is -2.16. The molecule has 8 heteroatoms. The van der Waals surface area contributed by atoms with E-state index in [9.17, 15) is 14.4 Å². The molecular weight excluding hydrogens is 434 g/mol. The van der Waals surface area contributed by atoms with Gasteiger partial charge in [0.1, 0.15) is 10.6 Å². The molecule has 0 fully saturated rings. The Hall–Kier alpha value is -2.45. The van der Waals surface area contributed by atoms with Gasteiger partial charge in [-0.15, -0.1) is 11.3 Å². The van der Waals surface area contributed by atoms with Crippen LogP contribution in [0.3, 0.4) is 0 Å². The Kier molecular flexibility index (Phi) is 5.48. The predicted octanol–water partition coefficient (Wildman–Crippen LogP) is 4.74. The molecule has 0 aliphatic rings. The largest absolute Gasteiger partial charge is 0.465 e. The number of anilines is 1. The van der Waals surface area contributed by atoms with Crippen molar-refractivity contribution in [1.29, 1.82) is 0 Å². The molecule has 0 saturated heterocycles. The summed E-state index contributed by atoms with van der Waals surface area (Å²) >= 11 is 4.48. The number of carbonyl (C=O) groups is 3. The second kappa shape index (κ2) is 7.66. The van der Waals surface area contributed by atoms with Crippen LogP contribution >= 0.6 is 27.3 Å². The van der Waals surface area contributed by atoms with Crippen LogP contribution in [0.2, 0.25) is 0 Å². The maximum Gasteiger partial charge on any atom is 0.341 e. The zero-order valence-corrected chi connectivity index (χ0v) is 17.2. The lowest BCUT2D eigenvalue weighted by molar-refractivity contribution is -0.115. The highest BCUT2D eigenvalue weighted by molar-refractivity contribution is 9.10. The van der Waals surface area contributed by atoms with Gasteiger partial charge < -0.3 is 14.5 Å². The number of fused-ring (bicyclic) bond motifs is 1. The molecule has 6 nitrogen and oxygen atoms in total. The fraction of sp³-hybridized carbons (Fsp3) is 0.211. The summed E-state index contributed by atoms with van der Waals surface area (Å²) in [7, 11) is 1.26. The number of Topliss-reactive ketones (excluding diaryl/α,β-unsaturated/α-hetero) is 1. The van der Waals surface area contributed by atoms with Gasteiger partial charge in [-0.2, -0.15) is 0 Å². The molecule has 1 aromatic carbocycles. The highest BCUT2D eigenvalue weighted by Gasteiger charge is 2.25. The van der Waals surface area contributed by atoms with Crippen LogP contribution in [0.4, 0.5) is 5.00 Å². The summed E-state index contributed by atoms with van der Waals surface area (Å²) < 4.78 is 11.1. The number of rotatable bonds is 5. The van der Waals surface area contributed by atoms with E-state index in [4.69, 9.17) is 9.15 Å². The number of halogens is 1. The second-order valence-electron chi connectivity index (χ2n) is 5.93. The first kappa shape index (κ1) is 19.3. The first-order chi connectivity index (χ1) is 12.8. The van der Waals surface area contributed by atoms with Crippen LogP contribution in [0.1, 0.15) is 38.1 Å². The number of benzene rings is 1. The predicted molar refractivity (Wildman–Crippen MR) is 107 cm³/mol. The summed E-state index contributed by atoms with van der Waals surface area (Å²) in [5.41, 5.74) is 2.12. The minimum absolute atomic E-state index is 0.0659. The van der Waals surface area contributed by atoms with Gasteiger partial charge in [0.2, 0.25) is 5.91 Å². The lowest BCUT2D eigenvalue weighted by Gasteiger charge is -2.05. The molecule has 0 aliphatic carbocycles. The highest BCUT2D eigenvalue weighted by atomic mass is 79.9. The van der Waals surface area contributed by atoms with Gasteiger partial charge in [-0.3, -0.25) is 9.59 Å². The fourth-order valence-electron chi connectivity index (χ4n) is 2.82. The van der Waals surface area contributed by atoms with E-state index in [1.54, 1.807) is 13.2 Å². The SMILES string of the molecule is COC(=O)c1c(NC(=O)Cc2coc3ccc(Br)cc23)sc(C(C)=O)c1C. The lowest BCUT2D eigenvalue weighted by atomic mass is 10.1. The van der Waals surface area contributed by atoms with Gasteiger partial charge in [-0.25, -0.2) is 4.79 Å². The maximum absolute atomic E-state index is 12.6. The number of carbonyl (C=O) groups excluding carboxylic acids is 3. The number of thiophene rings is 1. The van der Waals surface area contributed by atoms with Gasteiger partial charge in [0.05, 0.1) is 30.2 Å². The van der Waals surface area contributed by atoms with E-state index >= 15 is 0 Å². The average molecular weight is 450 g/mol. The van der Waals surface area contributed by atoms with Crippen molar-refractivity contribution in [3.05, 3.63) is 50.5 Å². The molecule has 1 N–H and O–H groups in total. The van der Waals surface area contributed by atoms with E-state index < -0.39 is 5.97 Å². The van der Waals surface area contributed by atoms with Gasteiger partial charge in [-0.05, 0) is 37.6 Å². The van der Waals surface area contributed by atoms with Crippen molar-refractivity contribution in [2.75, 3.05) is 12.4 Å². The molecule has 0 unspecified atom stereocenters. The summed E-state index contributed by atoms with van der Waals surface area (Å²) in [6.45, 7) is 3.08. The van der Waals surface area contributed by atoms with Crippen molar-refractivity contribution in [2.24, 2.45) is 0 Å². The van der Waals surface area contributed by atoms with Gasteiger partial charge in [0.25, 0.3) is 0 Å². The molecule has 0 saturated carbocycles. The van der Waals surface area contributed by atoms with Crippen LogP contribution in [0.5, 0.6) is 0 Å². The Labute approximate surface area is 167 Å².